The summed E-state index contributed by atoms with van der Waals surface area (Å²) >= 11 is 0. The highest BCUT2D eigenvalue weighted by Crippen LogP contribution is 2.24. The van der Waals surface area contributed by atoms with E-state index in [0.717, 1.165) is 25.8 Å². The summed E-state index contributed by atoms with van der Waals surface area (Å²) in [6.45, 7) is 13.4. The standard InChI is InChI=1S/C10H20N2O2.2C2H6/c1-3-5-10(4-2)8-12(6-7-13)9(14)11-10;2*1-2/h13H,3-8H2,1-2H3,(H,11,14);2*1-2H3. The lowest BCUT2D eigenvalue weighted by Gasteiger charge is -2.26. The van der Waals surface area contributed by atoms with Gasteiger partial charge in [-0.25, -0.2) is 4.79 Å². The van der Waals surface area contributed by atoms with Crippen molar-refractivity contribution < 1.29 is 9.90 Å². The maximum atomic E-state index is 11.5. The molecule has 1 heterocycles. The summed E-state index contributed by atoms with van der Waals surface area (Å²) in [5.74, 6) is 0. The lowest BCUT2D eigenvalue weighted by molar-refractivity contribution is 0.194. The van der Waals surface area contributed by atoms with Crippen molar-refractivity contribution in [3.63, 3.8) is 0 Å². The number of hydrogen-bond donors (Lipinski definition) is 2. The maximum absolute atomic E-state index is 11.5. The van der Waals surface area contributed by atoms with E-state index in [1.54, 1.807) is 4.90 Å². The van der Waals surface area contributed by atoms with Gasteiger partial charge in [0.1, 0.15) is 0 Å². The van der Waals surface area contributed by atoms with Crippen molar-refractivity contribution in [2.75, 3.05) is 19.7 Å². The molecule has 0 aromatic rings. The van der Waals surface area contributed by atoms with Crippen LogP contribution in [0.15, 0.2) is 0 Å². The normalized spacial score (nSPS) is 21.5. The summed E-state index contributed by atoms with van der Waals surface area (Å²) in [5.41, 5.74) is -0.0546. The first-order valence-corrected chi connectivity index (χ1v) is 7.35. The summed E-state index contributed by atoms with van der Waals surface area (Å²) in [7, 11) is 0. The smallest absolute Gasteiger partial charge is 0.318 e. The van der Waals surface area contributed by atoms with Gasteiger partial charge in [0.2, 0.25) is 0 Å². The molecule has 2 amide bonds. The van der Waals surface area contributed by atoms with E-state index in [1.807, 2.05) is 27.7 Å². The highest BCUT2D eigenvalue weighted by atomic mass is 16.3. The quantitative estimate of drug-likeness (QED) is 0.798. The second-order valence-corrected chi connectivity index (χ2v) is 3.96. The first-order chi connectivity index (χ1) is 8.67. The Morgan fingerprint density at radius 1 is 1.28 bits per heavy atom. The highest BCUT2D eigenvalue weighted by Gasteiger charge is 2.39. The van der Waals surface area contributed by atoms with Crippen LogP contribution in [0.3, 0.4) is 0 Å². The van der Waals surface area contributed by atoms with Crippen molar-refractivity contribution in [2.24, 2.45) is 0 Å². The molecule has 0 aromatic carbocycles. The molecule has 0 bridgehead atoms. The molecule has 1 saturated heterocycles. The molecule has 0 saturated carbocycles. The van der Waals surface area contributed by atoms with Crippen molar-refractivity contribution in [1.29, 1.82) is 0 Å². The Balaban J connectivity index is 0. The average molecular weight is 260 g/mol. The fraction of sp³-hybridized carbons (Fsp3) is 0.929. The van der Waals surface area contributed by atoms with E-state index in [2.05, 4.69) is 19.2 Å². The van der Waals surface area contributed by atoms with Crippen molar-refractivity contribution in [2.45, 2.75) is 66.3 Å². The van der Waals surface area contributed by atoms with E-state index in [0.29, 0.717) is 6.54 Å². The van der Waals surface area contributed by atoms with E-state index >= 15 is 0 Å². The zero-order valence-corrected chi connectivity index (χ0v) is 13.0. The first-order valence-electron chi connectivity index (χ1n) is 7.35. The van der Waals surface area contributed by atoms with Gasteiger partial charge < -0.3 is 15.3 Å². The van der Waals surface area contributed by atoms with Gasteiger partial charge in [-0.1, -0.05) is 48.0 Å². The number of aliphatic hydroxyl groups is 1. The number of carbonyl (C=O) groups is 1. The molecule has 4 heteroatoms. The van der Waals surface area contributed by atoms with E-state index in [-0.39, 0.29) is 18.2 Å². The average Bonchev–Trinajstić information content (AvgIpc) is 2.73. The summed E-state index contributed by atoms with van der Waals surface area (Å²) in [4.78, 5) is 13.2. The minimum atomic E-state index is -0.0546. The van der Waals surface area contributed by atoms with Crippen LogP contribution >= 0.6 is 0 Å². The molecule has 1 rings (SSSR count). The van der Waals surface area contributed by atoms with Gasteiger partial charge in [0.25, 0.3) is 0 Å². The van der Waals surface area contributed by atoms with Crippen molar-refractivity contribution in [1.82, 2.24) is 10.2 Å². The zero-order valence-electron chi connectivity index (χ0n) is 13.0. The van der Waals surface area contributed by atoms with E-state index in [1.165, 1.54) is 0 Å². The second kappa shape index (κ2) is 11.3. The Labute approximate surface area is 113 Å². The van der Waals surface area contributed by atoms with Crippen LogP contribution in [0.1, 0.15) is 60.8 Å². The topological polar surface area (TPSA) is 52.6 Å². The van der Waals surface area contributed by atoms with Crippen molar-refractivity contribution in [3.05, 3.63) is 0 Å². The predicted octanol–water partition coefficient (Wildman–Crippen LogP) is 3.01. The minimum absolute atomic E-state index is 0.0330. The van der Waals surface area contributed by atoms with Crippen LogP contribution in [-0.2, 0) is 0 Å². The highest BCUT2D eigenvalue weighted by molar-refractivity contribution is 5.77. The third-order valence-electron chi connectivity index (χ3n) is 2.93. The fourth-order valence-corrected chi connectivity index (χ4v) is 2.08. The lowest BCUT2D eigenvalue weighted by atomic mass is 9.92. The largest absolute Gasteiger partial charge is 0.395 e. The molecule has 18 heavy (non-hydrogen) atoms. The van der Waals surface area contributed by atoms with E-state index < -0.39 is 0 Å². The Bertz CT molecular complexity index is 210. The van der Waals surface area contributed by atoms with Gasteiger partial charge in [0.15, 0.2) is 0 Å². The van der Waals surface area contributed by atoms with E-state index in [9.17, 15) is 4.79 Å². The number of rotatable bonds is 5. The minimum Gasteiger partial charge on any atom is -0.395 e. The first kappa shape index (κ1) is 19.6. The van der Waals surface area contributed by atoms with Crippen LogP contribution in [0.5, 0.6) is 0 Å². The number of aliphatic hydroxyl groups excluding tert-OH is 1. The predicted molar refractivity (Wildman–Crippen MR) is 77.8 cm³/mol. The zero-order chi connectivity index (χ0) is 14.6. The summed E-state index contributed by atoms with van der Waals surface area (Å²) in [6.07, 6.45) is 3.03. The maximum Gasteiger partial charge on any atom is 0.318 e. The summed E-state index contributed by atoms with van der Waals surface area (Å²) in [5, 5.41) is 11.8. The molecule has 4 nitrogen and oxygen atoms in total. The van der Waals surface area contributed by atoms with Gasteiger partial charge >= 0.3 is 6.03 Å². The van der Waals surface area contributed by atoms with Crippen molar-refractivity contribution >= 4 is 6.03 Å². The SMILES string of the molecule is CC.CC.CCCC1(CC)CN(CCO)C(=O)N1. The Morgan fingerprint density at radius 3 is 2.22 bits per heavy atom. The molecule has 0 aromatic heterocycles. The molecule has 0 aliphatic carbocycles. The van der Waals surface area contributed by atoms with Crippen LogP contribution in [0.4, 0.5) is 4.79 Å². The number of nitrogens with zero attached hydrogens (tertiary/aromatic N) is 1. The van der Waals surface area contributed by atoms with E-state index in [4.69, 9.17) is 5.11 Å². The third kappa shape index (κ3) is 5.71. The molecule has 0 spiro atoms. The number of hydrogen-bond acceptors (Lipinski definition) is 2. The molecule has 1 aliphatic heterocycles. The van der Waals surface area contributed by atoms with Crippen molar-refractivity contribution in [3.8, 4) is 0 Å². The molecular formula is C14H32N2O2. The van der Waals surface area contributed by atoms with Crippen LogP contribution in [-0.4, -0.2) is 41.3 Å². The molecule has 110 valence electrons. The van der Waals surface area contributed by atoms with Crippen LogP contribution in [0.25, 0.3) is 0 Å². The number of β-amino-alcohol motifs (C(OH)–C–C–N with tert-alkyl or cyclic N) is 1. The number of carbonyl (C=O) groups excluding carboxylic acids is 1. The number of nitrogens with one attached hydrogen (secondary N) is 1. The van der Waals surface area contributed by atoms with Gasteiger partial charge in [-0.3, -0.25) is 0 Å². The van der Waals surface area contributed by atoms with Gasteiger partial charge in [-0.05, 0) is 12.8 Å². The molecule has 2 N–H and O–H groups in total. The molecule has 1 fully saturated rings. The van der Waals surface area contributed by atoms with Gasteiger partial charge in [-0.2, -0.15) is 0 Å². The van der Waals surface area contributed by atoms with Crippen LogP contribution < -0.4 is 5.32 Å². The van der Waals surface area contributed by atoms with Gasteiger partial charge in [0, 0.05) is 13.1 Å². The second-order valence-electron chi connectivity index (χ2n) is 3.96. The van der Waals surface area contributed by atoms with Crippen LogP contribution in [0.2, 0.25) is 0 Å². The Hall–Kier alpha value is -0.770. The van der Waals surface area contributed by atoms with Gasteiger partial charge in [-0.15, -0.1) is 0 Å². The van der Waals surface area contributed by atoms with Crippen LogP contribution in [0, 0.1) is 0 Å². The Kier molecular flexibility index (Phi) is 12.3. The Morgan fingerprint density at radius 2 is 1.83 bits per heavy atom. The molecule has 1 atom stereocenters. The molecule has 1 unspecified atom stereocenters. The summed E-state index contributed by atoms with van der Waals surface area (Å²) in [6, 6.07) is -0.0330. The van der Waals surface area contributed by atoms with Gasteiger partial charge in [0.05, 0.1) is 12.1 Å². The molecule has 0 radical (unpaired) electrons. The third-order valence-corrected chi connectivity index (χ3v) is 2.93. The summed E-state index contributed by atoms with van der Waals surface area (Å²) < 4.78 is 0. The molecular weight excluding hydrogens is 228 g/mol. The molecule has 1 aliphatic rings. The number of amides is 2. The lowest BCUT2D eigenvalue weighted by Crippen LogP contribution is -2.42. The number of urea groups is 1. The fourth-order valence-electron chi connectivity index (χ4n) is 2.08. The monoisotopic (exact) mass is 260 g/mol.